The number of hydrazine groups is 1. The molecule has 2 unspecified atom stereocenters. The Labute approximate surface area is 95.9 Å². The van der Waals surface area contributed by atoms with Gasteiger partial charge < -0.3 is 4.42 Å². The summed E-state index contributed by atoms with van der Waals surface area (Å²) in [5, 5.41) is 0.432. The van der Waals surface area contributed by atoms with Crippen molar-refractivity contribution >= 4 is 11.6 Å². The maximum Gasteiger partial charge on any atom is 0.197 e. The van der Waals surface area contributed by atoms with Gasteiger partial charge in [-0.25, -0.2) is 0 Å². The molecule has 0 aromatic carbocycles. The summed E-state index contributed by atoms with van der Waals surface area (Å²) in [5.74, 6) is 6.15. The fraction of sp³-hybridized carbons (Fsp3) is 0.636. The van der Waals surface area contributed by atoms with Crippen molar-refractivity contribution in [3.8, 4) is 0 Å². The van der Waals surface area contributed by atoms with E-state index >= 15 is 0 Å². The highest BCUT2D eigenvalue weighted by molar-refractivity contribution is 6.29. The van der Waals surface area contributed by atoms with Crippen LogP contribution in [0.1, 0.15) is 44.7 Å². The van der Waals surface area contributed by atoms with E-state index in [-0.39, 0.29) is 6.04 Å². The van der Waals surface area contributed by atoms with Gasteiger partial charge in [-0.05, 0) is 30.0 Å². The van der Waals surface area contributed by atoms with Crippen LogP contribution in [0.25, 0.3) is 0 Å². The molecule has 1 rings (SSSR count). The third-order valence-corrected chi connectivity index (χ3v) is 2.95. The molecule has 0 saturated heterocycles. The average molecular weight is 231 g/mol. The molecular weight excluding hydrogens is 212 g/mol. The molecule has 3 nitrogen and oxygen atoms in total. The van der Waals surface area contributed by atoms with Crippen LogP contribution < -0.4 is 11.3 Å². The highest BCUT2D eigenvalue weighted by atomic mass is 35.5. The fourth-order valence-corrected chi connectivity index (χ4v) is 2.10. The summed E-state index contributed by atoms with van der Waals surface area (Å²) in [4.78, 5) is 0. The van der Waals surface area contributed by atoms with Gasteiger partial charge in [0, 0.05) is 5.56 Å². The largest absolute Gasteiger partial charge is 0.453 e. The molecule has 0 bridgehead atoms. The minimum atomic E-state index is 0.0813. The molecule has 1 aromatic heterocycles. The number of furan rings is 1. The Hall–Kier alpha value is -0.510. The van der Waals surface area contributed by atoms with Crippen molar-refractivity contribution in [2.75, 3.05) is 0 Å². The van der Waals surface area contributed by atoms with Crippen LogP contribution in [0.3, 0.4) is 0 Å². The molecule has 3 N–H and O–H groups in total. The summed E-state index contributed by atoms with van der Waals surface area (Å²) in [5.41, 5.74) is 3.74. The predicted octanol–water partition coefficient (Wildman–Crippen LogP) is 3.26. The highest BCUT2D eigenvalue weighted by Crippen LogP contribution is 2.29. The van der Waals surface area contributed by atoms with Gasteiger partial charge in [0.25, 0.3) is 0 Å². The first kappa shape index (κ1) is 12.6. The molecule has 86 valence electrons. The lowest BCUT2D eigenvalue weighted by Gasteiger charge is -2.19. The van der Waals surface area contributed by atoms with Gasteiger partial charge in [0.05, 0.1) is 12.3 Å². The maximum absolute atomic E-state index is 5.91. The fourth-order valence-electron chi connectivity index (χ4n) is 1.85. The summed E-state index contributed by atoms with van der Waals surface area (Å²) >= 11 is 5.91. The van der Waals surface area contributed by atoms with Gasteiger partial charge in [0.1, 0.15) is 0 Å². The van der Waals surface area contributed by atoms with Gasteiger partial charge in [-0.3, -0.25) is 11.3 Å². The number of nitrogens with one attached hydrogen (secondary N) is 1. The van der Waals surface area contributed by atoms with E-state index in [1.807, 2.05) is 6.07 Å². The Morgan fingerprint density at radius 2 is 2.33 bits per heavy atom. The Morgan fingerprint density at radius 3 is 2.80 bits per heavy atom. The number of hydrogen-bond donors (Lipinski definition) is 2. The molecule has 0 radical (unpaired) electrons. The molecule has 1 heterocycles. The predicted molar refractivity (Wildman–Crippen MR) is 62.5 cm³/mol. The molecule has 4 heteroatoms. The Balaban J connectivity index is 2.60. The van der Waals surface area contributed by atoms with Gasteiger partial charge >= 0.3 is 0 Å². The van der Waals surface area contributed by atoms with Crippen LogP contribution in [0.2, 0.25) is 5.22 Å². The first-order valence-electron chi connectivity index (χ1n) is 5.38. The molecule has 0 fully saturated rings. The molecular formula is C11H19ClN2O. The van der Waals surface area contributed by atoms with E-state index in [9.17, 15) is 0 Å². The zero-order chi connectivity index (χ0) is 11.3. The lowest BCUT2D eigenvalue weighted by atomic mass is 9.95. The second-order valence-electron chi connectivity index (χ2n) is 4.00. The van der Waals surface area contributed by atoms with Crippen molar-refractivity contribution in [1.29, 1.82) is 0 Å². The molecule has 0 amide bonds. The Morgan fingerprint density at radius 1 is 1.60 bits per heavy atom. The van der Waals surface area contributed by atoms with E-state index in [1.54, 1.807) is 6.26 Å². The molecule has 0 spiro atoms. The van der Waals surface area contributed by atoms with Crippen LogP contribution >= 0.6 is 11.6 Å². The van der Waals surface area contributed by atoms with Crippen molar-refractivity contribution < 1.29 is 4.42 Å². The van der Waals surface area contributed by atoms with Crippen LogP contribution in [0.4, 0.5) is 0 Å². The van der Waals surface area contributed by atoms with Gasteiger partial charge in [-0.15, -0.1) is 0 Å². The molecule has 0 saturated carbocycles. The van der Waals surface area contributed by atoms with Crippen LogP contribution in [-0.4, -0.2) is 0 Å². The summed E-state index contributed by atoms with van der Waals surface area (Å²) in [6, 6.07) is 1.95. The average Bonchev–Trinajstić information content (AvgIpc) is 2.61. The number of nitrogens with two attached hydrogens (primary N) is 1. The third kappa shape index (κ3) is 3.52. The van der Waals surface area contributed by atoms with E-state index in [2.05, 4.69) is 19.3 Å². The lowest BCUT2D eigenvalue weighted by Crippen LogP contribution is -2.29. The standard InChI is InChI=1S/C11H19ClN2O/c1-3-4-8(2)7-10(14-13)9-5-6-15-11(9)12/h5-6,8,10,14H,3-4,7,13H2,1-2H3. The van der Waals surface area contributed by atoms with Gasteiger partial charge in [0.15, 0.2) is 5.22 Å². The van der Waals surface area contributed by atoms with Gasteiger partial charge in [0.2, 0.25) is 0 Å². The smallest absolute Gasteiger partial charge is 0.197 e. The minimum absolute atomic E-state index is 0.0813. The lowest BCUT2D eigenvalue weighted by molar-refractivity contribution is 0.392. The molecule has 2 atom stereocenters. The van der Waals surface area contributed by atoms with Crippen molar-refractivity contribution in [2.24, 2.45) is 11.8 Å². The van der Waals surface area contributed by atoms with E-state index in [0.717, 1.165) is 12.0 Å². The summed E-state index contributed by atoms with van der Waals surface area (Å²) in [6.45, 7) is 4.41. The Bertz CT molecular complexity index is 288. The molecule has 0 aliphatic heterocycles. The SMILES string of the molecule is CCCC(C)CC(NN)c1ccoc1Cl. The maximum atomic E-state index is 5.91. The van der Waals surface area contributed by atoms with Crippen molar-refractivity contribution in [3.05, 3.63) is 23.1 Å². The van der Waals surface area contributed by atoms with Gasteiger partial charge in [-0.2, -0.15) is 0 Å². The van der Waals surface area contributed by atoms with E-state index in [1.165, 1.54) is 12.8 Å². The second-order valence-corrected chi connectivity index (χ2v) is 4.34. The zero-order valence-corrected chi connectivity index (χ0v) is 10.1. The Kier molecular flexibility index (Phi) is 5.15. The van der Waals surface area contributed by atoms with Crippen molar-refractivity contribution in [2.45, 2.75) is 39.2 Å². The van der Waals surface area contributed by atoms with E-state index < -0.39 is 0 Å². The number of hydrogen-bond acceptors (Lipinski definition) is 3. The molecule has 15 heavy (non-hydrogen) atoms. The number of rotatable bonds is 6. The first-order valence-corrected chi connectivity index (χ1v) is 5.75. The van der Waals surface area contributed by atoms with Crippen LogP contribution in [0.5, 0.6) is 0 Å². The van der Waals surface area contributed by atoms with Crippen molar-refractivity contribution in [3.63, 3.8) is 0 Å². The molecule has 0 aliphatic rings. The highest BCUT2D eigenvalue weighted by Gasteiger charge is 2.17. The molecule has 0 aliphatic carbocycles. The number of halogens is 1. The minimum Gasteiger partial charge on any atom is -0.453 e. The first-order chi connectivity index (χ1) is 7.19. The van der Waals surface area contributed by atoms with E-state index in [0.29, 0.717) is 11.1 Å². The third-order valence-electron chi connectivity index (χ3n) is 2.64. The van der Waals surface area contributed by atoms with Crippen LogP contribution in [0, 0.1) is 5.92 Å². The topological polar surface area (TPSA) is 51.2 Å². The van der Waals surface area contributed by atoms with Crippen LogP contribution in [-0.2, 0) is 0 Å². The zero-order valence-electron chi connectivity index (χ0n) is 9.29. The quantitative estimate of drug-likeness (QED) is 0.583. The second kappa shape index (κ2) is 6.16. The van der Waals surface area contributed by atoms with Crippen molar-refractivity contribution in [1.82, 2.24) is 5.43 Å². The summed E-state index contributed by atoms with van der Waals surface area (Å²) in [6.07, 6.45) is 4.96. The normalized spacial score (nSPS) is 15.2. The summed E-state index contributed by atoms with van der Waals surface area (Å²) in [7, 11) is 0. The monoisotopic (exact) mass is 230 g/mol. The van der Waals surface area contributed by atoms with E-state index in [4.69, 9.17) is 21.9 Å². The van der Waals surface area contributed by atoms with Gasteiger partial charge in [-0.1, -0.05) is 26.7 Å². The molecule has 1 aromatic rings. The summed E-state index contributed by atoms with van der Waals surface area (Å²) < 4.78 is 5.06. The van der Waals surface area contributed by atoms with Crippen LogP contribution in [0.15, 0.2) is 16.7 Å².